The minimum absolute atomic E-state index is 0.144. The molecule has 0 aromatic heterocycles. The summed E-state index contributed by atoms with van der Waals surface area (Å²) in [5, 5.41) is 2.48. The van der Waals surface area contributed by atoms with Gasteiger partial charge in [-0.3, -0.25) is 14.9 Å². The van der Waals surface area contributed by atoms with Gasteiger partial charge in [0.25, 0.3) is 5.91 Å². The number of hydrogen-bond donors (Lipinski definition) is 1. The molecule has 1 aliphatic rings. The van der Waals surface area contributed by atoms with Gasteiger partial charge in [0.05, 0.1) is 11.7 Å². The van der Waals surface area contributed by atoms with Gasteiger partial charge >= 0.3 is 5.97 Å². The minimum Gasteiger partial charge on any atom is -0.459 e. The maximum Gasteiger partial charge on any atom is 0.338 e. The summed E-state index contributed by atoms with van der Waals surface area (Å²) in [6.45, 7) is 0.144. The van der Waals surface area contributed by atoms with E-state index in [1.807, 2.05) is 5.32 Å². The smallest absolute Gasteiger partial charge is 0.338 e. The molecule has 1 aromatic carbocycles. The molecule has 1 aromatic rings. The van der Waals surface area contributed by atoms with Crippen molar-refractivity contribution in [1.82, 2.24) is 10.2 Å². The lowest BCUT2D eigenvalue weighted by atomic mass is 10.2. The Morgan fingerprint density at radius 2 is 2.24 bits per heavy atom. The van der Waals surface area contributed by atoms with Crippen molar-refractivity contribution in [3.05, 3.63) is 47.1 Å². The summed E-state index contributed by atoms with van der Waals surface area (Å²) in [6.07, 6.45) is 4.11. The molecule has 0 spiro atoms. The molecular weight excluding hydrogens is 348 g/mol. The number of carbonyl (C=O) groups is 3. The molecule has 1 N–H and O–H groups in total. The second kappa shape index (κ2) is 9.19. The molecule has 25 heavy (non-hydrogen) atoms. The maximum absolute atomic E-state index is 12.0. The number of benzene rings is 1. The highest BCUT2D eigenvalue weighted by Crippen LogP contribution is 2.22. The van der Waals surface area contributed by atoms with Crippen molar-refractivity contribution in [3.8, 4) is 0 Å². The van der Waals surface area contributed by atoms with E-state index < -0.39 is 11.9 Å². The molecule has 2 unspecified atom stereocenters. The Labute approximate surface area is 150 Å². The van der Waals surface area contributed by atoms with Crippen LogP contribution in [-0.2, 0) is 19.1 Å². The monoisotopic (exact) mass is 366 g/mol. The van der Waals surface area contributed by atoms with E-state index >= 15 is 0 Å². The number of carbonyl (C=O) groups excluding carboxylic acids is 3. The molecule has 7 nitrogen and oxygen atoms in total. The molecule has 0 bridgehead atoms. The zero-order valence-corrected chi connectivity index (χ0v) is 14.4. The van der Waals surface area contributed by atoms with Gasteiger partial charge in [0.1, 0.15) is 12.8 Å². The van der Waals surface area contributed by atoms with Gasteiger partial charge in [0.2, 0.25) is 6.41 Å². The summed E-state index contributed by atoms with van der Waals surface area (Å²) in [4.78, 5) is 35.1. The van der Waals surface area contributed by atoms with Crippen molar-refractivity contribution in [2.75, 3.05) is 13.7 Å². The standard InChI is InChI=1S/C17H19ClN2O5/c1-20(8-7-15(22)19-11-21)16-6-5-14(25-16)10-24-17(23)12-3-2-4-13(18)9-12/h2-4,7-9,11,14,16H,5-6,10H2,1H3,(H,19,21,22)/b8-7-. The summed E-state index contributed by atoms with van der Waals surface area (Å²) >= 11 is 5.85. The number of esters is 1. The van der Waals surface area contributed by atoms with E-state index in [0.29, 0.717) is 17.0 Å². The first-order valence-electron chi connectivity index (χ1n) is 7.72. The first-order valence-corrected chi connectivity index (χ1v) is 8.10. The summed E-state index contributed by atoms with van der Waals surface area (Å²) in [5.74, 6) is -0.958. The highest BCUT2D eigenvalue weighted by molar-refractivity contribution is 6.30. The lowest BCUT2D eigenvalue weighted by Crippen LogP contribution is -2.29. The van der Waals surface area contributed by atoms with Crippen molar-refractivity contribution in [2.45, 2.75) is 25.2 Å². The molecule has 1 saturated heterocycles. The highest BCUT2D eigenvalue weighted by atomic mass is 35.5. The van der Waals surface area contributed by atoms with Crippen molar-refractivity contribution in [2.24, 2.45) is 0 Å². The fourth-order valence-corrected chi connectivity index (χ4v) is 2.55. The Balaban J connectivity index is 1.77. The van der Waals surface area contributed by atoms with Crippen LogP contribution in [0.25, 0.3) is 0 Å². The van der Waals surface area contributed by atoms with Crippen molar-refractivity contribution < 1.29 is 23.9 Å². The van der Waals surface area contributed by atoms with Gasteiger partial charge in [-0.15, -0.1) is 0 Å². The van der Waals surface area contributed by atoms with Crippen LogP contribution in [-0.4, -0.2) is 49.2 Å². The van der Waals surface area contributed by atoms with Gasteiger partial charge in [-0.1, -0.05) is 17.7 Å². The van der Waals surface area contributed by atoms with Gasteiger partial charge in [-0.25, -0.2) is 4.79 Å². The minimum atomic E-state index is -0.508. The molecule has 2 amide bonds. The number of nitrogens with zero attached hydrogens (tertiary/aromatic N) is 1. The third-order valence-electron chi connectivity index (χ3n) is 3.66. The summed E-state index contributed by atoms with van der Waals surface area (Å²) < 4.78 is 11.1. The molecule has 1 fully saturated rings. The van der Waals surface area contributed by atoms with Crippen LogP contribution in [0.1, 0.15) is 23.2 Å². The lowest BCUT2D eigenvalue weighted by Gasteiger charge is -2.22. The van der Waals surface area contributed by atoms with E-state index in [4.69, 9.17) is 21.1 Å². The molecule has 0 radical (unpaired) electrons. The fourth-order valence-electron chi connectivity index (χ4n) is 2.36. The van der Waals surface area contributed by atoms with Crippen molar-refractivity contribution in [1.29, 1.82) is 0 Å². The molecule has 8 heteroatoms. The molecular formula is C17H19ClN2O5. The normalized spacial score (nSPS) is 19.6. The topological polar surface area (TPSA) is 84.9 Å². The number of amides is 2. The van der Waals surface area contributed by atoms with Crippen LogP contribution in [0.5, 0.6) is 0 Å². The number of rotatable bonds is 7. The summed E-state index contributed by atoms with van der Waals surface area (Å²) in [6, 6.07) is 6.55. The van der Waals surface area contributed by atoms with E-state index in [0.717, 1.165) is 12.8 Å². The van der Waals surface area contributed by atoms with E-state index in [2.05, 4.69) is 0 Å². The van der Waals surface area contributed by atoms with Gasteiger partial charge < -0.3 is 14.4 Å². The number of hydrogen-bond acceptors (Lipinski definition) is 6. The zero-order valence-electron chi connectivity index (χ0n) is 13.7. The first kappa shape index (κ1) is 19.0. The first-order chi connectivity index (χ1) is 12.0. The molecule has 1 heterocycles. The summed E-state index contributed by atoms with van der Waals surface area (Å²) in [5.41, 5.74) is 0.392. The Morgan fingerprint density at radius 1 is 1.44 bits per heavy atom. The number of nitrogens with one attached hydrogen (secondary N) is 1. The SMILES string of the molecule is CN(/C=C\C(=O)NC=O)C1CCC(COC(=O)c2cccc(Cl)c2)O1. The van der Waals surface area contributed by atoms with Crippen LogP contribution in [0.2, 0.25) is 5.02 Å². The second-order valence-electron chi connectivity index (χ2n) is 5.51. The third kappa shape index (κ3) is 5.88. The zero-order chi connectivity index (χ0) is 18.2. The van der Waals surface area contributed by atoms with Crippen molar-refractivity contribution in [3.63, 3.8) is 0 Å². The molecule has 2 rings (SSSR count). The predicted octanol–water partition coefficient (Wildman–Crippen LogP) is 1.72. The molecule has 1 aliphatic heterocycles. The lowest BCUT2D eigenvalue weighted by molar-refractivity contribution is -0.121. The maximum atomic E-state index is 12.0. The van der Waals surface area contributed by atoms with E-state index in [-0.39, 0.29) is 18.9 Å². The second-order valence-corrected chi connectivity index (χ2v) is 5.94. The van der Waals surface area contributed by atoms with Crippen LogP contribution in [0.15, 0.2) is 36.5 Å². The largest absolute Gasteiger partial charge is 0.459 e. The van der Waals surface area contributed by atoms with Crippen LogP contribution < -0.4 is 5.32 Å². The van der Waals surface area contributed by atoms with Crippen molar-refractivity contribution >= 4 is 29.9 Å². The highest BCUT2D eigenvalue weighted by Gasteiger charge is 2.28. The number of ether oxygens (including phenoxy) is 2. The van der Waals surface area contributed by atoms with Gasteiger partial charge in [0.15, 0.2) is 0 Å². The third-order valence-corrected chi connectivity index (χ3v) is 3.90. The molecule has 2 atom stereocenters. The van der Waals surface area contributed by atoms with Gasteiger partial charge in [-0.2, -0.15) is 0 Å². The van der Waals surface area contributed by atoms with Gasteiger partial charge in [0, 0.05) is 24.3 Å². The molecule has 0 aliphatic carbocycles. The fraction of sp³-hybridized carbons (Fsp3) is 0.353. The van der Waals surface area contributed by atoms with E-state index in [1.165, 1.54) is 12.3 Å². The number of imide groups is 1. The van der Waals surface area contributed by atoms with Crippen LogP contribution in [0.3, 0.4) is 0 Å². The van der Waals surface area contributed by atoms with Crippen LogP contribution >= 0.6 is 11.6 Å². The average Bonchev–Trinajstić information content (AvgIpc) is 3.07. The van der Waals surface area contributed by atoms with Gasteiger partial charge in [-0.05, 0) is 31.0 Å². The Hall–Kier alpha value is -2.38. The predicted molar refractivity (Wildman–Crippen MR) is 90.7 cm³/mol. The number of halogens is 1. The Morgan fingerprint density at radius 3 is 2.96 bits per heavy atom. The summed E-state index contributed by atoms with van der Waals surface area (Å²) in [7, 11) is 1.76. The Bertz CT molecular complexity index is 664. The quantitative estimate of drug-likeness (QED) is 0.449. The Kier molecular flexibility index (Phi) is 6.97. The van der Waals surface area contributed by atoms with E-state index in [1.54, 1.807) is 36.2 Å². The average molecular weight is 367 g/mol. The molecule has 134 valence electrons. The van der Waals surface area contributed by atoms with E-state index in [9.17, 15) is 14.4 Å². The van der Waals surface area contributed by atoms with Crippen LogP contribution in [0.4, 0.5) is 0 Å². The molecule has 0 saturated carbocycles. The van der Waals surface area contributed by atoms with Crippen LogP contribution in [0, 0.1) is 0 Å².